The SMILES string of the molecule is COc1ccc(/C=C2\SC(=O)N(Cc3ccc(Cl)c(Cl)c3)C2=O)cc1Br. The van der Waals surface area contributed by atoms with Gasteiger partial charge in [0.05, 0.1) is 33.1 Å². The predicted octanol–water partition coefficient (Wildman–Crippen LogP) is 6.00. The topological polar surface area (TPSA) is 46.6 Å². The van der Waals surface area contributed by atoms with Crippen LogP contribution in [0.25, 0.3) is 6.08 Å². The van der Waals surface area contributed by atoms with E-state index in [9.17, 15) is 9.59 Å². The number of nitrogens with zero attached hydrogens (tertiary/aromatic N) is 1. The Hall–Kier alpha value is -1.47. The lowest BCUT2D eigenvalue weighted by atomic mass is 10.2. The fourth-order valence-corrected chi connectivity index (χ4v) is 4.10. The molecule has 1 fully saturated rings. The molecule has 0 N–H and O–H groups in total. The van der Waals surface area contributed by atoms with Gasteiger partial charge in [0, 0.05) is 0 Å². The van der Waals surface area contributed by atoms with E-state index in [1.165, 1.54) is 4.90 Å². The zero-order valence-electron chi connectivity index (χ0n) is 13.5. The van der Waals surface area contributed by atoms with Crippen LogP contribution in [0.2, 0.25) is 10.0 Å². The molecule has 4 nitrogen and oxygen atoms in total. The minimum Gasteiger partial charge on any atom is -0.496 e. The van der Waals surface area contributed by atoms with Crippen molar-refractivity contribution >= 4 is 68.1 Å². The van der Waals surface area contributed by atoms with Gasteiger partial charge in [-0.2, -0.15) is 0 Å². The summed E-state index contributed by atoms with van der Waals surface area (Å²) in [6.45, 7) is 0.144. The molecule has 0 spiro atoms. The Morgan fingerprint density at radius 2 is 1.92 bits per heavy atom. The molecule has 3 rings (SSSR count). The number of imide groups is 1. The molecule has 0 unspecified atom stereocenters. The molecular weight excluding hydrogens is 461 g/mol. The number of rotatable bonds is 4. The number of methoxy groups -OCH3 is 1. The largest absolute Gasteiger partial charge is 0.496 e. The number of ether oxygens (including phenoxy) is 1. The highest BCUT2D eigenvalue weighted by Crippen LogP contribution is 2.35. The van der Waals surface area contributed by atoms with Crippen molar-refractivity contribution in [1.29, 1.82) is 0 Å². The Morgan fingerprint density at radius 1 is 1.15 bits per heavy atom. The summed E-state index contributed by atoms with van der Waals surface area (Å²) in [5.41, 5.74) is 1.52. The predicted molar refractivity (Wildman–Crippen MR) is 109 cm³/mol. The minimum absolute atomic E-state index is 0.144. The van der Waals surface area contributed by atoms with Gasteiger partial charge in [-0.25, -0.2) is 0 Å². The average molecular weight is 473 g/mol. The average Bonchev–Trinajstić information content (AvgIpc) is 2.86. The molecule has 1 aliphatic heterocycles. The van der Waals surface area contributed by atoms with E-state index < -0.39 is 0 Å². The quantitative estimate of drug-likeness (QED) is 0.512. The lowest BCUT2D eigenvalue weighted by Crippen LogP contribution is -2.27. The van der Waals surface area contributed by atoms with E-state index in [0.717, 1.165) is 27.4 Å². The molecule has 2 amide bonds. The van der Waals surface area contributed by atoms with E-state index in [0.29, 0.717) is 20.7 Å². The third-order valence-corrected chi connectivity index (χ3v) is 5.94. The van der Waals surface area contributed by atoms with Crippen molar-refractivity contribution in [2.24, 2.45) is 0 Å². The molecule has 1 heterocycles. The summed E-state index contributed by atoms with van der Waals surface area (Å²) in [4.78, 5) is 26.4. The molecule has 0 saturated carbocycles. The summed E-state index contributed by atoms with van der Waals surface area (Å²) < 4.78 is 5.95. The first-order chi connectivity index (χ1) is 12.4. The van der Waals surface area contributed by atoms with Crippen molar-refractivity contribution in [3.63, 3.8) is 0 Å². The zero-order chi connectivity index (χ0) is 18.8. The maximum Gasteiger partial charge on any atom is 0.293 e. The molecule has 0 radical (unpaired) electrons. The first kappa shape index (κ1) is 19.3. The molecule has 0 aliphatic carbocycles. The van der Waals surface area contributed by atoms with Crippen LogP contribution in [0.3, 0.4) is 0 Å². The summed E-state index contributed by atoms with van der Waals surface area (Å²) in [5, 5.41) is 0.490. The number of carbonyl (C=O) groups excluding carboxylic acids is 2. The van der Waals surface area contributed by atoms with E-state index in [2.05, 4.69) is 15.9 Å². The second kappa shape index (κ2) is 8.05. The van der Waals surface area contributed by atoms with Crippen LogP contribution in [0.5, 0.6) is 5.75 Å². The highest BCUT2D eigenvalue weighted by atomic mass is 79.9. The molecule has 2 aromatic carbocycles. The van der Waals surface area contributed by atoms with Crippen LogP contribution in [0.4, 0.5) is 4.79 Å². The lowest BCUT2D eigenvalue weighted by Gasteiger charge is -2.13. The summed E-state index contributed by atoms with van der Waals surface area (Å²) in [7, 11) is 1.58. The van der Waals surface area contributed by atoms with Crippen LogP contribution in [0, 0.1) is 0 Å². The summed E-state index contributed by atoms with van der Waals surface area (Å²) in [5.74, 6) is 0.355. The van der Waals surface area contributed by atoms with E-state index in [1.54, 1.807) is 37.5 Å². The van der Waals surface area contributed by atoms with Gasteiger partial charge in [-0.05, 0) is 69.2 Å². The first-order valence-electron chi connectivity index (χ1n) is 7.42. The molecular formula is C18H12BrCl2NO3S. The van der Waals surface area contributed by atoms with Crippen LogP contribution in [-0.4, -0.2) is 23.2 Å². The number of hydrogen-bond donors (Lipinski definition) is 0. The van der Waals surface area contributed by atoms with Crippen LogP contribution in [-0.2, 0) is 11.3 Å². The molecule has 0 atom stereocenters. The van der Waals surface area contributed by atoms with Gasteiger partial charge in [0.2, 0.25) is 0 Å². The van der Waals surface area contributed by atoms with Gasteiger partial charge in [0.25, 0.3) is 11.1 Å². The summed E-state index contributed by atoms with van der Waals surface area (Å²) in [6, 6.07) is 10.5. The molecule has 2 aromatic rings. The van der Waals surface area contributed by atoms with E-state index >= 15 is 0 Å². The molecule has 1 saturated heterocycles. The van der Waals surface area contributed by atoms with Gasteiger partial charge >= 0.3 is 0 Å². The number of halogens is 3. The molecule has 0 bridgehead atoms. The van der Waals surface area contributed by atoms with Crippen molar-refractivity contribution in [2.75, 3.05) is 7.11 Å². The standard InChI is InChI=1S/C18H12BrCl2NO3S/c1-25-15-5-3-10(6-12(15)19)8-16-17(23)22(18(24)26-16)9-11-2-4-13(20)14(21)7-11/h2-8H,9H2,1H3/b16-8-. The van der Waals surface area contributed by atoms with Gasteiger partial charge in [-0.1, -0.05) is 35.3 Å². The number of thioether (sulfide) groups is 1. The molecule has 26 heavy (non-hydrogen) atoms. The maximum absolute atomic E-state index is 12.6. The number of amides is 2. The third-order valence-electron chi connectivity index (χ3n) is 3.67. The second-order valence-electron chi connectivity index (χ2n) is 5.41. The number of hydrogen-bond acceptors (Lipinski definition) is 4. The Labute approximate surface area is 173 Å². The van der Waals surface area contributed by atoms with Gasteiger partial charge < -0.3 is 4.74 Å². The number of carbonyl (C=O) groups is 2. The van der Waals surface area contributed by atoms with Crippen molar-refractivity contribution in [3.8, 4) is 5.75 Å². The van der Waals surface area contributed by atoms with Gasteiger partial charge in [0.1, 0.15) is 5.75 Å². The van der Waals surface area contributed by atoms with E-state index in [4.69, 9.17) is 27.9 Å². The van der Waals surface area contributed by atoms with Crippen LogP contribution >= 0.6 is 50.9 Å². The highest BCUT2D eigenvalue weighted by molar-refractivity contribution is 9.10. The Kier molecular flexibility index (Phi) is 5.97. The van der Waals surface area contributed by atoms with Crippen molar-refractivity contribution in [3.05, 3.63) is 66.9 Å². The van der Waals surface area contributed by atoms with Gasteiger partial charge in [-0.15, -0.1) is 0 Å². The summed E-state index contributed by atoms with van der Waals surface area (Å²) >= 11 is 16.2. The van der Waals surface area contributed by atoms with Crippen molar-refractivity contribution < 1.29 is 14.3 Å². The first-order valence-corrected chi connectivity index (χ1v) is 9.78. The number of benzene rings is 2. The smallest absolute Gasteiger partial charge is 0.293 e. The minimum atomic E-state index is -0.335. The summed E-state index contributed by atoms with van der Waals surface area (Å²) in [6.07, 6.45) is 1.68. The molecule has 1 aliphatic rings. The highest BCUT2D eigenvalue weighted by Gasteiger charge is 2.35. The van der Waals surface area contributed by atoms with Crippen LogP contribution < -0.4 is 4.74 Å². The molecule has 8 heteroatoms. The molecule has 0 aromatic heterocycles. The van der Waals surface area contributed by atoms with E-state index in [1.807, 2.05) is 12.1 Å². The van der Waals surface area contributed by atoms with Crippen molar-refractivity contribution in [2.45, 2.75) is 6.54 Å². The Balaban J connectivity index is 1.82. The van der Waals surface area contributed by atoms with Gasteiger partial charge in [-0.3, -0.25) is 14.5 Å². The Bertz CT molecular complexity index is 933. The lowest BCUT2D eigenvalue weighted by molar-refractivity contribution is -0.123. The van der Waals surface area contributed by atoms with Crippen molar-refractivity contribution in [1.82, 2.24) is 4.90 Å². The van der Waals surface area contributed by atoms with Crippen LogP contribution in [0.1, 0.15) is 11.1 Å². The normalized spacial score (nSPS) is 15.8. The third kappa shape index (κ3) is 4.09. The fourth-order valence-electron chi connectivity index (χ4n) is 2.38. The Morgan fingerprint density at radius 3 is 2.58 bits per heavy atom. The van der Waals surface area contributed by atoms with Gasteiger partial charge in [0.15, 0.2) is 0 Å². The zero-order valence-corrected chi connectivity index (χ0v) is 17.4. The maximum atomic E-state index is 12.6. The van der Waals surface area contributed by atoms with Crippen LogP contribution in [0.15, 0.2) is 45.8 Å². The fraction of sp³-hybridized carbons (Fsp3) is 0.111. The monoisotopic (exact) mass is 471 g/mol. The second-order valence-corrected chi connectivity index (χ2v) is 8.07. The van der Waals surface area contributed by atoms with E-state index in [-0.39, 0.29) is 17.7 Å². The molecule has 134 valence electrons.